The third-order valence-corrected chi connectivity index (χ3v) is 4.86. The Kier molecular flexibility index (Phi) is 3.03. The van der Waals surface area contributed by atoms with Crippen molar-refractivity contribution in [2.75, 3.05) is 20.1 Å². The van der Waals surface area contributed by atoms with Crippen LogP contribution < -0.4 is 0 Å². The Morgan fingerprint density at radius 1 is 1.35 bits per heavy atom. The Morgan fingerprint density at radius 2 is 2.18 bits per heavy atom. The molecule has 1 fully saturated rings. The third kappa shape index (κ3) is 1.95. The maximum Gasteiger partial charge on any atom is 0.127 e. The van der Waals surface area contributed by atoms with E-state index < -0.39 is 0 Å². The predicted molar refractivity (Wildman–Crippen MR) is 72.4 cm³/mol. The molecule has 1 aromatic heterocycles. The number of imidazole rings is 1. The van der Waals surface area contributed by atoms with E-state index in [4.69, 9.17) is 4.98 Å². The summed E-state index contributed by atoms with van der Waals surface area (Å²) in [6, 6.07) is 0.624. The molecular formula is C13H20BrN3. The number of halogens is 1. The number of nitrogens with zero attached hydrogens (tertiary/aromatic N) is 3. The molecule has 0 saturated carbocycles. The van der Waals surface area contributed by atoms with Gasteiger partial charge in [0.15, 0.2) is 0 Å². The zero-order chi connectivity index (χ0) is 12.0. The van der Waals surface area contributed by atoms with Gasteiger partial charge >= 0.3 is 0 Å². The summed E-state index contributed by atoms with van der Waals surface area (Å²) >= 11 is 3.65. The highest BCUT2D eigenvalue weighted by atomic mass is 79.9. The lowest BCUT2D eigenvalue weighted by molar-refractivity contribution is 0.389. The fourth-order valence-electron chi connectivity index (χ4n) is 3.30. The summed E-state index contributed by atoms with van der Waals surface area (Å²) in [4.78, 5) is 7.22. The lowest BCUT2D eigenvalue weighted by Gasteiger charge is -2.25. The van der Waals surface area contributed by atoms with E-state index in [0.717, 1.165) is 11.1 Å². The van der Waals surface area contributed by atoms with E-state index in [2.05, 4.69) is 39.4 Å². The summed E-state index contributed by atoms with van der Waals surface area (Å²) in [6.07, 6.45) is 5.04. The fraction of sp³-hybridized carbons (Fsp3) is 0.769. The molecule has 17 heavy (non-hydrogen) atoms. The minimum Gasteiger partial charge on any atom is -0.328 e. The van der Waals surface area contributed by atoms with E-state index in [1.807, 2.05) is 0 Å². The number of likely N-dealkylation sites (N-methyl/N-ethyl adjacent to an activating group) is 1. The fourth-order valence-corrected chi connectivity index (χ4v) is 3.87. The minimum atomic E-state index is 0.624. The van der Waals surface area contributed by atoms with Crippen molar-refractivity contribution in [3.8, 4) is 0 Å². The van der Waals surface area contributed by atoms with Gasteiger partial charge in [0, 0.05) is 18.5 Å². The molecule has 2 aliphatic heterocycles. The van der Waals surface area contributed by atoms with E-state index >= 15 is 0 Å². The number of aromatic nitrogens is 2. The van der Waals surface area contributed by atoms with Crippen LogP contribution in [0.1, 0.15) is 49.7 Å². The van der Waals surface area contributed by atoms with Gasteiger partial charge in [0.1, 0.15) is 10.4 Å². The Bertz CT molecular complexity index is 427. The molecule has 0 bridgehead atoms. The van der Waals surface area contributed by atoms with Gasteiger partial charge in [-0.15, -0.1) is 0 Å². The van der Waals surface area contributed by atoms with E-state index in [1.165, 1.54) is 43.7 Å². The average Bonchev–Trinajstić information content (AvgIpc) is 2.85. The Morgan fingerprint density at radius 3 is 2.88 bits per heavy atom. The first-order valence-electron chi connectivity index (χ1n) is 6.62. The first kappa shape index (κ1) is 11.7. The van der Waals surface area contributed by atoms with E-state index in [-0.39, 0.29) is 0 Å². The quantitative estimate of drug-likeness (QED) is 0.795. The Hall–Kier alpha value is -0.350. The minimum absolute atomic E-state index is 0.624. The molecule has 0 aromatic carbocycles. The molecule has 0 amide bonds. The first-order valence-corrected chi connectivity index (χ1v) is 7.41. The van der Waals surface area contributed by atoms with Crippen molar-refractivity contribution in [3.05, 3.63) is 16.1 Å². The van der Waals surface area contributed by atoms with Gasteiger partial charge in [-0.3, -0.25) is 0 Å². The van der Waals surface area contributed by atoms with E-state index in [0.29, 0.717) is 12.0 Å². The lowest BCUT2D eigenvalue weighted by atomic mass is 10.0. The summed E-state index contributed by atoms with van der Waals surface area (Å²) in [5.41, 5.74) is 1.42. The van der Waals surface area contributed by atoms with E-state index in [1.54, 1.807) is 0 Å². The van der Waals surface area contributed by atoms with Crippen molar-refractivity contribution in [2.24, 2.45) is 0 Å². The lowest BCUT2D eigenvalue weighted by Crippen LogP contribution is -2.20. The molecule has 2 unspecified atom stereocenters. The molecule has 4 heteroatoms. The van der Waals surface area contributed by atoms with Crippen molar-refractivity contribution in [1.29, 1.82) is 0 Å². The highest BCUT2D eigenvalue weighted by Gasteiger charge is 2.30. The van der Waals surface area contributed by atoms with Crippen molar-refractivity contribution < 1.29 is 0 Å². The van der Waals surface area contributed by atoms with Gasteiger partial charge in [0.25, 0.3) is 0 Å². The number of hydrogen-bond donors (Lipinski definition) is 0. The molecule has 3 nitrogen and oxygen atoms in total. The van der Waals surface area contributed by atoms with Gasteiger partial charge in [-0.2, -0.15) is 0 Å². The van der Waals surface area contributed by atoms with Crippen molar-refractivity contribution in [3.63, 3.8) is 0 Å². The van der Waals surface area contributed by atoms with Gasteiger partial charge in [-0.05, 0) is 62.1 Å². The molecule has 1 saturated heterocycles. The summed E-state index contributed by atoms with van der Waals surface area (Å²) in [7, 11) is 2.21. The molecule has 0 spiro atoms. The number of hydrogen-bond acceptors (Lipinski definition) is 2. The van der Waals surface area contributed by atoms with Crippen LogP contribution in [0.3, 0.4) is 0 Å². The summed E-state index contributed by atoms with van der Waals surface area (Å²) < 4.78 is 3.60. The van der Waals surface area contributed by atoms with Crippen LogP contribution in [0.25, 0.3) is 0 Å². The Balaban J connectivity index is 2.00. The van der Waals surface area contributed by atoms with Crippen LogP contribution in [0.15, 0.2) is 4.60 Å². The highest BCUT2D eigenvalue weighted by Crippen LogP contribution is 2.36. The molecule has 3 rings (SSSR count). The monoisotopic (exact) mass is 297 g/mol. The second-order valence-electron chi connectivity index (χ2n) is 5.57. The molecule has 0 radical (unpaired) electrons. The van der Waals surface area contributed by atoms with Crippen LogP contribution in [0, 0.1) is 0 Å². The summed E-state index contributed by atoms with van der Waals surface area (Å²) in [6.45, 7) is 4.70. The summed E-state index contributed by atoms with van der Waals surface area (Å²) in [5.74, 6) is 1.95. The average molecular weight is 298 g/mol. The second kappa shape index (κ2) is 4.39. The molecule has 2 aliphatic rings. The van der Waals surface area contributed by atoms with Crippen LogP contribution in [0.2, 0.25) is 0 Å². The molecule has 0 aliphatic carbocycles. The van der Waals surface area contributed by atoms with Gasteiger partial charge in [0.05, 0.1) is 5.69 Å². The molecule has 2 atom stereocenters. The zero-order valence-corrected chi connectivity index (χ0v) is 12.2. The van der Waals surface area contributed by atoms with Gasteiger partial charge in [-0.1, -0.05) is 0 Å². The van der Waals surface area contributed by atoms with Crippen LogP contribution in [0.4, 0.5) is 0 Å². The van der Waals surface area contributed by atoms with Crippen LogP contribution in [-0.2, 0) is 6.42 Å². The third-order valence-electron chi connectivity index (χ3n) is 4.22. The zero-order valence-electron chi connectivity index (χ0n) is 10.6. The molecule has 94 valence electrons. The van der Waals surface area contributed by atoms with E-state index in [9.17, 15) is 0 Å². The molecule has 3 heterocycles. The molecular weight excluding hydrogens is 278 g/mol. The number of fused-ring (bicyclic) bond motifs is 1. The molecule has 0 N–H and O–H groups in total. The van der Waals surface area contributed by atoms with Crippen LogP contribution in [-0.4, -0.2) is 34.6 Å². The normalized spacial score (nSPS) is 29.6. The van der Waals surface area contributed by atoms with Crippen molar-refractivity contribution in [2.45, 2.75) is 44.6 Å². The van der Waals surface area contributed by atoms with Crippen molar-refractivity contribution >= 4 is 15.9 Å². The maximum absolute atomic E-state index is 4.81. The standard InChI is InChI=1S/C13H20BrN3/c1-9-4-3-5-11-12(14)15-13(17(9)11)10-6-7-16(2)8-10/h9-10H,3-8H2,1-2H3. The first-order chi connectivity index (χ1) is 8.16. The largest absolute Gasteiger partial charge is 0.328 e. The van der Waals surface area contributed by atoms with Crippen LogP contribution >= 0.6 is 15.9 Å². The van der Waals surface area contributed by atoms with Gasteiger partial charge in [0.2, 0.25) is 0 Å². The van der Waals surface area contributed by atoms with Gasteiger partial charge < -0.3 is 9.47 Å². The number of rotatable bonds is 1. The summed E-state index contributed by atoms with van der Waals surface area (Å²) in [5, 5.41) is 0. The Labute approximate surface area is 111 Å². The second-order valence-corrected chi connectivity index (χ2v) is 6.32. The molecule has 1 aromatic rings. The van der Waals surface area contributed by atoms with Crippen molar-refractivity contribution in [1.82, 2.24) is 14.5 Å². The predicted octanol–water partition coefficient (Wildman–Crippen LogP) is 2.96. The van der Waals surface area contributed by atoms with Gasteiger partial charge in [-0.25, -0.2) is 4.98 Å². The SMILES string of the molecule is CC1CCCc2c(Br)nc(C3CCN(C)C3)n21. The maximum atomic E-state index is 4.81. The topological polar surface area (TPSA) is 21.1 Å². The smallest absolute Gasteiger partial charge is 0.127 e. The highest BCUT2D eigenvalue weighted by molar-refractivity contribution is 9.10. The van der Waals surface area contributed by atoms with Crippen LogP contribution in [0.5, 0.6) is 0 Å². The number of likely N-dealkylation sites (tertiary alicyclic amines) is 1.